The van der Waals surface area contributed by atoms with Gasteiger partial charge in [-0.1, -0.05) is 11.6 Å². The summed E-state index contributed by atoms with van der Waals surface area (Å²) in [5.41, 5.74) is 4.05. The van der Waals surface area contributed by atoms with Gasteiger partial charge in [0, 0.05) is 28.2 Å². The molecule has 0 spiro atoms. The Bertz CT molecular complexity index is 1070. The average molecular weight is 402 g/mol. The fourth-order valence-electron chi connectivity index (χ4n) is 3.12. The average Bonchev–Trinajstić information content (AvgIpc) is 2.92. The largest absolute Gasteiger partial charge is 0.482 e. The van der Waals surface area contributed by atoms with Gasteiger partial charge in [-0.15, -0.1) is 0 Å². The molecular formula is C21H20ClNO5. The van der Waals surface area contributed by atoms with Crippen molar-refractivity contribution in [1.29, 1.82) is 0 Å². The van der Waals surface area contributed by atoms with Crippen molar-refractivity contribution in [2.45, 2.75) is 20.4 Å². The number of ether oxygens (including phenoxy) is 2. The first-order valence-corrected chi connectivity index (χ1v) is 9.00. The molecule has 0 radical (unpaired) electrons. The molecule has 2 aromatic carbocycles. The zero-order valence-corrected chi connectivity index (χ0v) is 16.5. The van der Waals surface area contributed by atoms with E-state index in [2.05, 4.69) is 9.30 Å². The molecule has 1 aromatic heterocycles. The van der Waals surface area contributed by atoms with Gasteiger partial charge < -0.3 is 19.1 Å². The number of esters is 1. The van der Waals surface area contributed by atoms with Crippen LogP contribution in [0.2, 0.25) is 5.02 Å². The molecule has 6 nitrogen and oxygen atoms in total. The standard InChI is InChI=1S/C21H20ClNO5/c1-12-13(2)23(19-7-4-14(21(25)26)9-17(12)19)10-15-8-16(5-6-18(15)22)28-11-20(24)27-3/h4-9H,10-11H2,1-3H3,(H,25,26). The van der Waals surface area contributed by atoms with Crippen molar-refractivity contribution in [3.05, 3.63) is 63.8 Å². The van der Waals surface area contributed by atoms with E-state index in [1.54, 1.807) is 30.3 Å². The summed E-state index contributed by atoms with van der Waals surface area (Å²) < 4.78 is 12.1. The number of halogens is 1. The minimum atomic E-state index is -0.954. The number of fused-ring (bicyclic) bond motifs is 1. The molecule has 7 heteroatoms. The van der Waals surface area contributed by atoms with Gasteiger partial charge in [-0.3, -0.25) is 0 Å². The van der Waals surface area contributed by atoms with Crippen LogP contribution in [0.5, 0.6) is 5.75 Å². The maximum atomic E-state index is 11.3. The second-order valence-corrected chi connectivity index (χ2v) is 6.86. The predicted octanol–water partition coefficient (Wildman–Crippen LogP) is 4.21. The third-order valence-corrected chi connectivity index (χ3v) is 5.18. The third-order valence-electron chi connectivity index (χ3n) is 4.82. The molecule has 0 unspecified atom stereocenters. The molecule has 0 aliphatic carbocycles. The van der Waals surface area contributed by atoms with E-state index in [0.29, 0.717) is 17.3 Å². The lowest BCUT2D eigenvalue weighted by molar-refractivity contribution is -0.142. The molecule has 3 rings (SSSR count). The fourth-order valence-corrected chi connectivity index (χ4v) is 3.30. The molecule has 0 amide bonds. The number of rotatable bonds is 6. The van der Waals surface area contributed by atoms with Crippen LogP contribution >= 0.6 is 11.6 Å². The molecule has 28 heavy (non-hydrogen) atoms. The third kappa shape index (κ3) is 3.82. The summed E-state index contributed by atoms with van der Waals surface area (Å²) in [6, 6.07) is 10.3. The first-order chi connectivity index (χ1) is 13.3. The van der Waals surface area contributed by atoms with Crippen molar-refractivity contribution in [2.24, 2.45) is 0 Å². The summed E-state index contributed by atoms with van der Waals surface area (Å²) in [6.07, 6.45) is 0. The van der Waals surface area contributed by atoms with Gasteiger partial charge >= 0.3 is 11.9 Å². The molecule has 0 saturated heterocycles. The maximum absolute atomic E-state index is 11.3. The number of aryl methyl sites for hydroxylation is 1. The Hall–Kier alpha value is -2.99. The van der Waals surface area contributed by atoms with Crippen LogP contribution in [0.4, 0.5) is 0 Å². The van der Waals surface area contributed by atoms with Crippen LogP contribution in [0.3, 0.4) is 0 Å². The van der Waals surface area contributed by atoms with Crippen molar-refractivity contribution in [2.75, 3.05) is 13.7 Å². The summed E-state index contributed by atoms with van der Waals surface area (Å²) >= 11 is 6.37. The maximum Gasteiger partial charge on any atom is 0.343 e. The first kappa shape index (κ1) is 19.8. The van der Waals surface area contributed by atoms with Gasteiger partial charge in [0.15, 0.2) is 6.61 Å². The predicted molar refractivity (Wildman–Crippen MR) is 106 cm³/mol. The molecule has 0 fully saturated rings. The Morgan fingerprint density at radius 2 is 1.89 bits per heavy atom. The number of aromatic nitrogens is 1. The van der Waals surface area contributed by atoms with Crippen molar-refractivity contribution in [3.63, 3.8) is 0 Å². The first-order valence-electron chi connectivity index (χ1n) is 8.62. The summed E-state index contributed by atoms with van der Waals surface area (Å²) in [5, 5.41) is 10.7. The number of benzene rings is 2. The smallest absolute Gasteiger partial charge is 0.343 e. The quantitative estimate of drug-likeness (QED) is 0.626. The monoisotopic (exact) mass is 401 g/mol. The minimum Gasteiger partial charge on any atom is -0.482 e. The van der Waals surface area contributed by atoms with E-state index < -0.39 is 11.9 Å². The zero-order valence-electron chi connectivity index (χ0n) is 15.8. The number of carboxylic acid groups (broad SMARTS) is 1. The van der Waals surface area contributed by atoms with Crippen LogP contribution in [0.25, 0.3) is 10.9 Å². The van der Waals surface area contributed by atoms with Crippen molar-refractivity contribution < 1.29 is 24.2 Å². The molecular weight excluding hydrogens is 382 g/mol. The summed E-state index contributed by atoms with van der Waals surface area (Å²) in [5.74, 6) is -0.900. The highest BCUT2D eigenvalue weighted by molar-refractivity contribution is 6.31. The van der Waals surface area contributed by atoms with Gasteiger partial charge in [0.25, 0.3) is 0 Å². The number of nitrogens with zero attached hydrogens (tertiary/aromatic N) is 1. The lowest BCUT2D eigenvalue weighted by Gasteiger charge is -2.12. The van der Waals surface area contributed by atoms with Crippen LogP contribution in [0.15, 0.2) is 36.4 Å². The topological polar surface area (TPSA) is 77.8 Å². The second-order valence-electron chi connectivity index (χ2n) is 6.45. The number of carbonyl (C=O) groups is 2. The number of carbonyl (C=O) groups excluding carboxylic acids is 1. The van der Waals surface area contributed by atoms with Gasteiger partial charge in [-0.25, -0.2) is 9.59 Å². The minimum absolute atomic E-state index is 0.180. The zero-order chi connectivity index (χ0) is 20.4. The van der Waals surface area contributed by atoms with E-state index in [-0.39, 0.29) is 12.2 Å². The van der Waals surface area contributed by atoms with E-state index in [4.69, 9.17) is 16.3 Å². The van der Waals surface area contributed by atoms with E-state index in [9.17, 15) is 14.7 Å². The Morgan fingerprint density at radius 3 is 2.57 bits per heavy atom. The number of hydrogen-bond acceptors (Lipinski definition) is 4. The van der Waals surface area contributed by atoms with Crippen LogP contribution < -0.4 is 4.74 Å². The molecule has 1 N–H and O–H groups in total. The second kappa shape index (κ2) is 7.94. The van der Waals surface area contributed by atoms with Gasteiger partial charge in [0.2, 0.25) is 0 Å². The fraction of sp³-hybridized carbons (Fsp3) is 0.238. The summed E-state index contributed by atoms with van der Waals surface area (Å²) in [4.78, 5) is 22.6. The number of methoxy groups -OCH3 is 1. The number of hydrogen-bond donors (Lipinski definition) is 1. The molecule has 1 heterocycles. The van der Waals surface area contributed by atoms with E-state index in [1.165, 1.54) is 7.11 Å². The van der Waals surface area contributed by atoms with Gasteiger partial charge in [-0.05, 0) is 61.4 Å². The summed E-state index contributed by atoms with van der Waals surface area (Å²) in [6.45, 7) is 4.26. The number of carboxylic acids is 1. The van der Waals surface area contributed by atoms with Crippen LogP contribution in [-0.4, -0.2) is 35.3 Å². The van der Waals surface area contributed by atoms with Crippen molar-refractivity contribution in [3.8, 4) is 5.75 Å². The van der Waals surface area contributed by atoms with Crippen molar-refractivity contribution in [1.82, 2.24) is 4.57 Å². The molecule has 0 saturated carbocycles. The highest BCUT2D eigenvalue weighted by Crippen LogP contribution is 2.30. The molecule has 3 aromatic rings. The lowest BCUT2D eigenvalue weighted by atomic mass is 10.1. The SMILES string of the molecule is COC(=O)COc1ccc(Cl)c(Cn2c(C)c(C)c3cc(C(=O)O)ccc32)c1. The normalized spacial score (nSPS) is 10.9. The van der Waals surface area contributed by atoms with Crippen molar-refractivity contribution >= 4 is 34.4 Å². The van der Waals surface area contributed by atoms with E-state index in [0.717, 1.165) is 27.7 Å². The molecule has 0 bridgehead atoms. The Balaban J connectivity index is 1.97. The van der Waals surface area contributed by atoms with Gasteiger partial charge in [0.05, 0.1) is 12.7 Å². The number of aromatic carboxylic acids is 1. The summed E-state index contributed by atoms with van der Waals surface area (Å²) in [7, 11) is 1.30. The van der Waals surface area contributed by atoms with E-state index in [1.807, 2.05) is 19.9 Å². The van der Waals surface area contributed by atoms with Crippen LogP contribution in [0, 0.1) is 13.8 Å². The molecule has 0 aliphatic heterocycles. The van der Waals surface area contributed by atoms with E-state index >= 15 is 0 Å². The van der Waals surface area contributed by atoms with Gasteiger partial charge in [0.1, 0.15) is 5.75 Å². The van der Waals surface area contributed by atoms with Crippen LogP contribution in [-0.2, 0) is 16.1 Å². The Kier molecular flexibility index (Phi) is 5.61. The lowest BCUT2D eigenvalue weighted by Crippen LogP contribution is -2.12. The molecule has 146 valence electrons. The molecule has 0 aliphatic rings. The van der Waals surface area contributed by atoms with Gasteiger partial charge in [-0.2, -0.15) is 0 Å². The highest BCUT2D eigenvalue weighted by atomic mass is 35.5. The Labute approximate surface area is 167 Å². The van der Waals surface area contributed by atoms with Crippen LogP contribution in [0.1, 0.15) is 27.2 Å². The highest BCUT2D eigenvalue weighted by Gasteiger charge is 2.15. The Morgan fingerprint density at radius 1 is 1.14 bits per heavy atom. The molecule has 0 atom stereocenters.